The van der Waals surface area contributed by atoms with E-state index in [1.807, 2.05) is 0 Å². The van der Waals surface area contributed by atoms with Gasteiger partial charge in [-0.1, -0.05) is 336 Å². The number of aliphatic hydroxyl groups is 1. The third kappa shape index (κ3) is 66.7. The monoisotopic (exact) mass is 1350 g/mol. The highest BCUT2D eigenvalue weighted by molar-refractivity contribution is 7.47. The molecule has 92 heavy (non-hydrogen) atoms. The zero-order valence-electron chi connectivity index (χ0n) is 59.5. The van der Waals surface area contributed by atoms with Crippen LogP contribution in [0.4, 0.5) is 0 Å². The van der Waals surface area contributed by atoms with Gasteiger partial charge >= 0.3 is 39.5 Å². The van der Waals surface area contributed by atoms with Crippen molar-refractivity contribution in [1.82, 2.24) is 0 Å². The smallest absolute Gasteiger partial charge is 0.462 e. The predicted octanol–water partition coefficient (Wildman–Crippen LogP) is 21.4. The normalized spacial score (nSPS) is 13.9. The van der Waals surface area contributed by atoms with Crippen LogP contribution in [-0.2, 0) is 65.4 Å². The second kappa shape index (κ2) is 67.6. The summed E-state index contributed by atoms with van der Waals surface area (Å²) in [5.74, 6) is -2.12. The first kappa shape index (κ1) is 90.1. The van der Waals surface area contributed by atoms with Gasteiger partial charge in [0.15, 0.2) is 12.2 Å². The van der Waals surface area contributed by atoms with Crippen molar-refractivity contribution in [3.05, 3.63) is 0 Å². The van der Waals surface area contributed by atoms with Gasteiger partial charge in [0.1, 0.15) is 19.3 Å². The molecule has 0 aliphatic rings. The first-order chi connectivity index (χ1) is 44.7. The molecule has 3 N–H and O–H groups in total. The van der Waals surface area contributed by atoms with Crippen molar-refractivity contribution < 1.29 is 80.2 Å². The van der Waals surface area contributed by atoms with Crippen molar-refractivity contribution in [2.75, 3.05) is 39.6 Å². The Bertz CT molecular complexity index is 1760. The molecule has 17 nitrogen and oxygen atoms in total. The van der Waals surface area contributed by atoms with Gasteiger partial charge in [-0.3, -0.25) is 37.3 Å². The lowest BCUT2D eigenvalue weighted by atomic mass is 10.0. The summed E-state index contributed by atoms with van der Waals surface area (Å²) in [4.78, 5) is 72.5. The zero-order chi connectivity index (χ0) is 67.5. The molecular formula is C73H142O17P2. The molecule has 0 rings (SSSR count). The fourth-order valence-corrected chi connectivity index (χ4v) is 12.8. The van der Waals surface area contributed by atoms with E-state index in [-0.39, 0.29) is 25.7 Å². The first-order valence-corrected chi connectivity index (χ1v) is 41.3. The van der Waals surface area contributed by atoms with Gasteiger partial charge in [0, 0.05) is 25.7 Å². The van der Waals surface area contributed by atoms with Gasteiger partial charge in [-0.05, 0) is 25.7 Å². The number of phosphoric ester groups is 2. The largest absolute Gasteiger partial charge is 0.472 e. The van der Waals surface area contributed by atoms with Crippen LogP contribution in [0.15, 0.2) is 0 Å². The summed E-state index contributed by atoms with van der Waals surface area (Å²) in [5, 5.41) is 10.6. The number of unbranched alkanes of at least 4 members (excludes halogenated alkanes) is 48. The maximum Gasteiger partial charge on any atom is 0.472 e. The minimum atomic E-state index is -4.95. The molecular weight excluding hydrogens is 1210 g/mol. The van der Waals surface area contributed by atoms with E-state index in [4.69, 9.17) is 37.0 Å². The Morgan fingerprint density at radius 3 is 0.641 bits per heavy atom. The predicted molar refractivity (Wildman–Crippen MR) is 372 cm³/mol. The molecule has 0 aromatic heterocycles. The van der Waals surface area contributed by atoms with Gasteiger partial charge in [-0.15, -0.1) is 0 Å². The molecule has 0 aliphatic carbocycles. The number of rotatable bonds is 74. The molecule has 0 radical (unpaired) electrons. The molecule has 0 saturated carbocycles. The summed E-state index contributed by atoms with van der Waals surface area (Å²) < 4.78 is 68.3. The molecule has 0 aromatic rings. The molecule has 0 saturated heterocycles. The van der Waals surface area contributed by atoms with Gasteiger partial charge < -0.3 is 33.8 Å². The van der Waals surface area contributed by atoms with Gasteiger partial charge in [0.2, 0.25) is 0 Å². The number of aliphatic hydroxyl groups excluding tert-OH is 1. The average molecular weight is 1350 g/mol. The minimum absolute atomic E-state index is 0.107. The molecule has 0 fully saturated rings. The quantitative estimate of drug-likeness (QED) is 0.0222. The fraction of sp³-hybridized carbons (Fsp3) is 0.945. The summed E-state index contributed by atoms with van der Waals surface area (Å²) in [6.07, 6.45) is 56.9. The van der Waals surface area contributed by atoms with Gasteiger partial charge in [-0.25, -0.2) is 9.13 Å². The van der Waals surface area contributed by atoms with Crippen molar-refractivity contribution in [3.8, 4) is 0 Å². The number of hydrogen-bond acceptors (Lipinski definition) is 15. The number of carbonyl (C=O) groups is 4. The molecule has 2 unspecified atom stereocenters. The van der Waals surface area contributed by atoms with Crippen LogP contribution < -0.4 is 0 Å². The number of esters is 4. The number of phosphoric acid groups is 2. The van der Waals surface area contributed by atoms with Crippen LogP contribution in [-0.4, -0.2) is 96.7 Å². The Kier molecular flexibility index (Phi) is 66.2. The SMILES string of the molecule is CCCCCCCCCCCCCCCCCCCCC(=O)O[C@H](COC(=O)CCCCCCCCCCCCCCCCC)COP(=O)(O)OC[C@@H](O)COP(=O)(O)OC[C@@H](COC(=O)CCCCCCCCC)OC(=O)CCCCCCCCCCCCCC. The lowest BCUT2D eigenvalue weighted by Gasteiger charge is -2.21. The Morgan fingerprint density at radius 2 is 0.435 bits per heavy atom. The molecule has 0 spiro atoms. The second-order valence-corrected chi connectivity index (χ2v) is 29.2. The summed E-state index contributed by atoms with van der Waals surface area (Å²) in [6.45, 7) is 4.93. The molecule has 0 aliphatic heterocycles. The van der Waals surface area contributed by atoms with Crippen LogP contribution in [0.25, 0.3) is 0 Å². The van der Waals surface area contributed by atoms with Crippen LogP contribution in [0, 0.1) is 0 Å². The van der Waals surface area contributed by atoms with Crippen LogP contribution >= 0.6 is 15.6 Å². The third-order valence-corrected chi connectivity index (χ3v) is 19.0. The Morgan fingerprint density at radius 1 is 0.261 bits per heavy atom. The molecule has 0 aromatic carbocycles. The molecule has 546 valence electrons. The molecule has 0 amide bonds. The third-order valence-electron chi connectivity index (χ3n) is 17.1. The summed E-state index contributed by atoms with van der Waals surface area (Å²) in [7, 11) is -9.90. The minimum Gasteiger partial charge on any atom is -0.462 e. The molecule has 19 heteroatoms. The lowest BCUT2D eigenvalue weighted by Crippen LogP contribution is -2.30. The molecule has 0 heterocycles. The van der Waals surface area contributed by atoms with E-state index in [0.29, 0.717) is 25.7 Å². The van der Waals surface area contributed by atoms with E-state index in [0.717, 1.165) is 103 Å². The maximum atomic E-state index is 13.1. The Balaban J connectivity index is 5.19. The fourth-order valence-electron chi connectivity index (χ4n) is 11.2. The van der Waals surface area contributed by atoms with E-state index in [1.54, 1.807) is 0 Å². The van der Waals surface area contributed by atoms with Crippen molar-refractivity contribution in [3.63, 3.8) is 0 Å². The summed E-state index contributed by atoms with van der Waals surface area (Å²) in [5.41, 5.74) is 0. The maximum absolute atomic E-state index is 13.1. The summed E-state index contributed by atoms with van der Waals surface area (Å²) in [6, 6.07) is 0. The lowest BCUT2D eigenvalue weighted by molar-refractivity contribution is -0.161. The van der Waals surface area contributed by atoms with Gasteiger partial charge in [0.25, 0.3) is 0 Å². The van der Waals surface area contributed by atoms with E-state index in [2.05, 4.69) is 27.7 Å². The van der Waals surface area contributed by atoms with E-state index in [9.17, 15) is 43.2 Å². The van der Waals surface area contributed by atoms with Crippen molar-refractivity contribution in [2.45, 2.75) is 406 Å². The Hall–Kier alpha value is -1.94. The number of carbonyl (C=O) groups excluding carboxylic acids is 4. The van der Waals surface area contributed by atoms with Crippen LogP contribution in [0.1, 0.15) is 387 Å². The number of hydrogen-bond donors (Lipinski definition) is 3. The highest BCUT2D eigenvalue weighted by Crippen LogP contribution is 2.45. The van der Waals surface area contributed by atoms with Crippen LogP contribution in [0.2, 0.25) is 0 Å². The van der Waals surface area contributed by atoms with Crippen molar-refractivity contribution >= 4 is 39.5 Å². The first-order valence-electron chi connectivity index (χ1n) is 38.3. The number of ether oxygens (including phenoxy) is 4. The summed E-state index contributed by atoms with van der Waals surface area (Å²) >= 11 is 0. The van der Waals surface area contributed by atoms with Crippen molar-refractivity contribution in [1.29, 1.82) is 0 Å². The van der Waals surface area contributed by atoms with Crippen LogP contribution in [0.3, 0.4) is 0 Å². The van der Waals surface area contributed by atoms with Gasteiger partial charge in [-0.2, -0.15) is 0 Å². The van der Waals surface area contributed by atoms with E-state index < -0.39 is 97.5 Å². The average Bonchev–Trinajstić information content (AvgIpc) is 2.60. The highest BCUT2D eigenvalue weighted by atomic mass is 31.2. The standard InChI is InChI=1S/C73H142O17P2/c1-5-9-13-17-21-24-27-30-32-33-34-36-38-41-44-48-52-56-60-73(78)90-69(64-84-71(76)58-54-50-46-42-40-37-35-31-28-25-22-18-14-10-6-2)66-88-92(81,82)86-62-67(74)61-85-91(79,80)87-65-68(63-83-70(75)57-53-49-45-20-16-12-8-4)89-72(77)59-55-51-47-43-39-29-26-23-19-15-11-7-3/h67-69,74H,5-66H2,1-4H3,(H,79,80)(H,81,82)/t67-,68+,69+/m0/s1. The van der Waals surface area contributed by atoms with E-state index >= 15 is 0 Å². The Labute approximate surface area is 562 Å². The van der Waals surface area contributed by atoms with Crippen molar-refractivity contribution in [2.24, 2.45) is 0 Å². The molecule has 0 bridgehead atoms. The molecule has 5 atom stereocenters. The zero-order valence-corrected chi connectivity index (χ0v) is 61.3. The van der Waals surface area contributed by atoms with Gasteiger partial charge in [0.05, 0.1) is 26.4 Å². The highest BCUT2D eigenvalue weighted by Gasteiger charge is 2.30. The van der Waals surface area contributed by atoms with Crippen LogP contribution in [0.5, 0.6) is 0 Å². The topological polar surface area (TPSA) is 237 Å². The van der Waals surface area contributed by atoms with E-state index in [1.165, 1.54) is 205 Å². The second-order valence-electron chi connectivity index (χ2n) is 26.3.